The van der Waals surface area contributed by atoms with E-state index < -0.39 is 15.9 Å². The summed E-state index contributed by atoms with van der Waals surface area (Å²) >= 11 is 0. The first-order valence-corrected chi connectivity index (χ1v) is 11.0. The molecular weight excluding hydrogens is 406 g/mol. The van der Waals surface area contributed by atoms with Gasteiger partial charge in [0.25, 0.3) is 5.91 Å². The lowest BCUT2D eigenvalue weighted by Crippen LogP contribution is -2.44. The molecular formula is C21H25N3O5S. The summed E-state index contributed by atoms with van der Waals surface area (Å²) in [4.78, 5) is 13.6. The lowest BCUT2D eigenvalue weighted by molar-refractivity contribution is -0.124. The molecule has 0 bridgehead atoms. The summed E-state index contributed by atoms with van der Waals surface area (Å²) in [6.07, 6.45) is 4.18. The number of nitrogens with one attached hydrogen (secondary N) is 2. The number of hydroxylamine groups is 1. The van der Waals surface area contributed by atoms with Gasteiger partial charge < -0.3 is 9.64 Å². The maximum Gasteiger partial charge on any atom is 0.267 e. The fourth-order valence-corrected chi connectivity index (χ4v) is 4.96. The first-order chi connectivity index (χ1) is 14.4. The lowest BCUT2D eigenvalue weighted by atomic mass is 10.0. The van der Waals surface area contributed by atoms with Crippen LogP contribution < -0.4 is 19.8 Å². The minimum atomic E-state index is -3.69. The van der Waals surface area contributed by atoms with Gasteiger partial charge in [0.15, 0.2) is 0 Å². The number of sulfonamides is 1. The molecule has 8 nitrogen and oxygen atoms in total. The Balaban J connectivity index is 1.67. The molecule has 1 aliphatic heterocycles. The van der Waals surface area contributed by atoms with Gasteiger partial charge in [-0.1, -0.05) is 30.3 Å². The van der Waals surface area contributed by atoms with Crippen LogP contribution in [0.5, 0.6) is 5.75 Å². The number of methoxy groups -OCH3 is 1. The number of nitrogens with zero attached hydrogens (tertiary/aromatic N) is 1. The van der Waals surface area contributed by atoms with Gasteiger partial charge in [-0.25, -0.2) is 18.6 Å². The van der Waals surface area contributed by atoms with E-state index in [0.29, 0.717) is 31.7 Å². The van der Waals surface area contributed by atoms with Crippen LogP contribution in [0.4, 0.5) is 5.69 Å². The number of piperidine rings is 1. The number of rotatable bonds is 7. The molecule has 1 heterocycles. The third-order valence-electron chi connectivity index (χ3n) is 4.98. The van der Waals surface area contributed by atoms with Gasteiger partial charge in [-0.15, -0.1) is 0 Å². The van der Waals surface area contributed by atoms with Crippen molar-refractivity contribution in [2.45, 2.75) is 23.8 Å². The highest BCUT2D eigenvalue weighted by molar-refractivity contribution is 7.89. The van der Waals surface area contributed by atoms with Gasteiger partial charge in [0.2, 0.25) is 10.0 Å². The number of ether oxygens (including phenoxy) is 1. The van der Waals surface area contributed by atoms with Crippen LogP contribution in [0.25, 0.3) is 6.08 Å². The van der Waals surface area contributed by atoms with E-state index in [0.717, 1.165) is 11.3 Å². The fourth-order valence-electron chi connectivity index (χ4n) is 3.48. The molecule has 0 atom stereocenters. The average molecular weight is 432 g/mol. The molecule has 30 heavy (non-hydrogen) atoms. The zero-order valence-electron chi connectivity index (χ0n) is 16.6. The Bertz CT molecular complexity index is 1010. The van der Waals surface area contributed by atoms with Crippen LogP contribution in [0.2, 0.25) is 0 Å². The predicted octanol–water partition coefficient (Wildman–Crippen LogP) is 2.16. The van der Waals surface area contributed by atoms with E-state index in [1.807, 2.05) is 24.3 Å². The third-order valence-corrected chi connectivity index (χ3v) is 6.54. The standard InChI is InChI=1S/C21H25N3O5S/c1-29-19-8-4-5-9-20(19)30(27,28)23-17-12-14-24(15-13-17)18-7-3-2-6-16(18)10-11-21(25)22-26/h2-11,17,23,26H,12-15H2,1H3,(H,22,25). The zero-order chi connectivity index (χ0) is 21.6. The molecule has 0 spiro atoms. The third kappa shape index (κ3) is 5.18. The van der Waals surface area contributed by atoms with Crippen LogP contribution in [0.15, 0.2) is 59.5 Å². The van der Waals surface area contributed by atoms with E-state index in [9.17, 15) is 13.2 Å². The van der Waals surface area contributed by atoms with Crippen molar-refractivity contribution in [2.75, 3.05) is 25.1 Å². The molecule has 2 aromatic rings. The van der Waals surface area contributed by atoms with Crippen molar-refractivity contribution >= 4 is 27.7 Å². The van der Waals surface area contributed by atoms with Crippen LogP contribution in [0.1, 0.15) is 18.4 Å². The fraction of sp³-hybridized carbons (Fsp3) is 0.286. The Labute approximate surface area is 176 Å². The SMILES string of the molecule is COc1ccccc1S(=O)(=O)NC1CCN(c2ccccc2C=CC(=O)NO)CC1. The van der Waals surface area contributed by atoms with Crippen molar-refractivity contribution in [1.82, 2.24) is 10.2 Å². The molecule has 3 rings (SSSR count). The van der Waals surface area contributed by atoms with E-state index in [2.05, 4.69) is 9.62 Å². The number of carbonyl (C=O) groups is 1. The summed E-state index contributed by atoms with van der Waals surface area (Å²) in [5.41, 5.74) is 3.36. The molecule has 9 heteroatoms. The number of amides is 1. The van der Waals surface area contributed by atoms with Gasteiger partial charge in [0.1, 0.15) is 10.6 Å². The van der Waals surface area contributed by atoms with Crippen molar-refractivity contribution in [1.29, 1.82) is 0 Å². The highest BCUT2D eigenvalue weighted by atomic mass is 32.2. The van der Waals surface area contributed by atoms with Gasteiger partial charge in [-0.05, 0) is 42.7 Å². The molecule has 1 aliphatic rings. The maximum atomic E-state index is 12.8. The number of hydrogen-bond acceptors (Lipinski definition) is 6. The maximum absolute atomic E-state index is 12.8. The van der Waals surface area contributed by atoms with Gasteiger partial charge in [-0.3, -0.25) is 10.0 Å². The second kappa shape index (κ2) is 9.75. The van der Waals surface area contributed by atoms with Gasteiger partial charge in [0, 0.05) is 30.9 Å². The van der Waals surface area contributed by atoms with Crippen LogP contribution >= 0.6 is 0 Å². The summed E-state index contributed by atoms with van der Waals surface area (Å²) in [5, 5.41) is 8.64. The molecule has 0 radical (unpaired) electrons. The van der Waals surface area contributed by atoms with E-state index in [-0.39, 0.29) is 10.9 Å². The summed E-state index contributed by atoms with van der Waals surface area (Å²) < 4.78 is 33.6. The van der Waals surface area contributed by atoms with Crippen molar-refractivity contribution in [3.05, 3.63) is 60.2 Å². The molecule has 160 valence electrons. The quantitative estimate of drug-likeness (QED) is 0.352. The molecule has 1 saturated heterocycles. The minimum absolute atomic E-state index is 0.132. The van der Waals surface area contributed by atoms with Gasteiger partial charge in [0.05, 0.1) is 7.11 Å². The highest BCUT2D eigenvalue weighted by Gasteiger charge is 2.27. The molecule has 1 amide bonds. The number of benzene rings is 2. The highest BCUT2D eigenvalue weighted by Crippen LogP contribution is 2.27. The zero-order valence-corrected chi connectivity index (χ0v) is 17.4. The summed E-state index contributed by atoms with van der Waals surface area (Å²) in [6.45, 7) is 1.33. The molecule has 3 N–H and O–H groups in total. The van der Waals surface area contributed by atoms with Crippen molar-refractivity contribution in [3.8, 4) is 5.75 Å². The normalized spacial score (nSPS) is 15.3. The number of anilines is 1. The Morgan fingerprint density at radius 2 is 1.80 bits per heavy atom. The minimum Gasteiger partial charge on any atom is -0.495 e. The predicted molar refractivity (Wildman–Crippen MR) is 114 cm³/mol. The summed E-state index contributed by atoms with van der Waals surface area (Å²) in [5.74, 6) is -0.288. The largest absolute Gasteiger partial charge is 0.495 e. The Morgan fingerprint density at radius 3 is 2.50 bits per heavy atom. The summed E-state index contributed by atoms with van der Waals surface area (Å²) in [6, 6.07) is 14.0. The topological polar surface area (TPSA) is 108 Å². The molecule has 1 fully saturated rings. The number of para-hydroxylation sites is 2. The van der Waals surface area contributed by atoms with Crippen molar-refractivity contribution in [2.24, 2.45) is 0 Å². The van der Waals surface area contributed by atoms with E-state index in [1.54, 1.807) is 29.8 Å². The molecule has 0 aromatic heterocycles. The Kier molecular flexibility index (Phi) is 7.09. The Hall–Kier alpha value is -2.88. The monoisotopic (exact) mass is 431 g/mol. The second-order valence-electron chi connectivity index (χ2n) is 6.90. The molecule has 0 unspecified atom stereocenters. The van der Waals surface area contributed by atoms with Gasteiger partial charge in [-0.2, -0.15) is 0 Å². The second-order valence-corrected chi connectivity index (χ2v) is 8.58. The van der Waals surface area contributed by atoms with Crippen LogP contribution in [-0.4, -0.2) is 45.8 Å². The lowest BCUT2D eigenvalue weighted by Gasteiger charge is -2.34. The van der Waals surface area contributed by atoms with Crippen molar-refractivity contribution in [3.63, 3.8) is 0 Å². The molecule has 0 saturated carbocycles. The smallest absolute Gasteiger partial charge is 0.267 e. The average Bonchev–Trinajstić information content (AvgIpc) is 2.78. The van der Waals surface area contributed by atoms with Crippen LogP contribution in [0.3, 0.4) is 0 Å². The van der Waals surface area contributed by atoms with E-state index in [4.69, 9.17) is 9.94 Å². The van der Waals surface area contributed by atoms with Crippen LogP contribution in [-0.2, 0) is 14.8 Å². The number of hydrogen-bond donors (Lipinski definition) is 3. The van der Waals surface area contributed by atoms with E-state index >= 15 is 0 Å². The van der Waals surface area contributed by atoms with E-state index in [1.165, 1.54) is 19.3 Å². The van der Waals surface area contributed by atoms with Crippen molar-refractivity contribution < 1.29 is 23.2 Å². The molecule has 0 aliphatic carbocycles. The number of carbonyl (C=O) groups excluding carboxylic acids is 1. The summed E-state index contributed by atoms with van der Waals surface area (Å²) in [7, 11) is -2.24. The van der Waals surface area contributed by atoms with Crippen LogP contribution in [0, 0.1) is 0 Å². The van der Waals surface area contributed by atoms with Gasteiger partial charge >= 0.3 is 0 Å². The first kappa shape index (κ1) is 21.8. The molecule has 2 aromatic carbocycles. The first-order valence-electron chi connectivity index (χ1n) is 9.56. The Morgan fingerprint density at radius 1 is 1.13 bits per heavy atom.